The summed E-state index contributed by atoms with van der Waals surface area (Å²) in [5.74, 6) is -0.933. The number of hydrogen-bond acceptors (Lipinski definition) is 5. The van der Waals surface area contributed by atoms with Crippen molar-refractivity contribution < 1.29 is 23.9 Å². The summed E-state index contributed by atoms with van der Waals surface area (Å²) in [5.41, 5.74) is 2.50. The number of allylic oxidation sites excluding steroid dienone is 3. The van der Waals surface area contributed by atoms with Crippen LogP contribution in [0.1, 0.15) is 60.3 Å². The molecule has 0 aromatic heterocycles. The first-order valence-electron chi connectivity index (χ1n) is 9.62. The van der Waals surface area contributed by atoms with Crippen molar-refractivity contribution in [2.24, 2.45) is 11.8 Å². The molecule has 0 unspecified atom stereocenters. The van der Waals surface area contributed by atoms with Gasteiger partial charge < -0.3 is 9.47 Å². The Balaban J connectivity index is 2.43. The van der Waals surface area contributed by atoms with E-state index in [0.29, 0.717) is 12.0 Å². The molecule has 2 aliphatic rings. The Labute approximate surface area is 161 Å². The highest BCUT2D eigenvalue weighted by molar-refractivity contribution is 6.01. The molecule has 0 spiro atoms. The maximum atomic E-state index is 12.3. The van der Waals surface area contributed by atoms with Crippen molar-refractivity contribution in [3.05, 3.63) is 34.9 Å². The van der Waals surface area contributed by atoms with Gasteiger partial charge in [-0.3, -0.25) is 9.59 Å². The molecule has 0 aromatic rings. The summed E-state index contributed by atoms with van der Waals surface area (Å²) in [4.78, 5) is 36.3. The SMILES string of the molecule is CC(=O)O[C@H]1C/C(C)=C/CC/C(C)=C/C(=O)CC2=C[C@@H](OC2=O)[C@@H]1C(C)C. The Kier molecular flexibility index (Phi) is 7.17. The Hall–Kier alpha value is -2.17. The van der Waals surface area contributed by atoms with Crippen molar-refractivity contribution >= 4 is 17.7 Å². The van der Waals surface area contributed by atoms with Crippen LogP contribution in [0.2, 0.25) is 0 Å². The number of fused-ring (bicyclic) bond motifs is 1. The molecule has 0 fully saturated rings. The van der Waals surface area contributed by atoms with Crippen molar-refractivity contribution in [1.29, 1.82) is 0 Å². The topological polar surface area (TPSA) is 69.7 Å². The molecule has 0 saturated carbocycles. The third kappa shape index (κ3) is 5.91. The van der Waals surface area contributed by atoms with Gasteiger partial charge in [0.2, 0.25) is 0 Å². The molecular formula is C22H30O5. The number of hydrogen-bond donors (Lipinski definition) is 0. The number of esters is 2. The van der Waals surface area contributed by atoms with Gasteiger partial charge in [0.15, 0.2) is 5.78 Å². The fourth-order valence-corrected chi connectivity index (χ4v) is 3.84. The largest absolute Gasteiger partial charge is 0.462 e. The predicted molar refractivity (Wildman–Crippen MR) is 103 cm³/mol. The minimum atomic E-state index is -0.495. The van der Waals surface area contributed by atoms with Crippen molar-refractivity contribution in [3.63, 3.8) is 0 Å². The van der Waals surface area contributed by atoms with Crippen LogP contribution in [0.25, 0.3) is 0 Å². The van der Waals surface area contributed by atoms with Crippen LogP contribution in [-0.4, -0.2) is 29.9 Å². The van der Waals surface area contributed by atoms with E-state index < -0.39 is 12.1 Å². The smallest absolute Gasteiger partial charge is 0.334 e. The zero-order valence-corrected chi connectivity index (χ0v) is 16.9. The highest BCUT2D eigenvalue weighted by Gasteiger charge is 2.39. The van der Waals surface area contributed by atoms with E-state index in [-0.39, 0.29) is 36.1 Å². The Morgan fingerprint density at radius 3 is 2.56 bits per heavy atom. The highest BCUT2D eigenvalue weighted by atomic mass is 16.6. The van der Waals surface area contributed by atoms with Gasteiger partial charge in [0.05, 0.1) is 0 Å². The summed E-state index contributed by atoms with van der Waals surface area (Å²) < 4.78 is 11.2. The Morgan fingerprint density at radius 2 is 1.93 bits per heavy atom. The van der Waals surface area contributed by atoms with Crippen LogP contribution in [0.4, 0.5) is 0 Å². The van der Waals surface area contributed by atoms with Crippen LogP contribution in [0, 0.1) is 11.8 Å². The van der Waals surface area contributed by atoms with Crippen molar-refractivity contribution in [3.8, 4) is 0 Å². The van der Waals surface area contributed by atoms with Gasteiger partial charge in [0.1, 0.15) is 12.2 Å². The van der Waals surface area contributed by atoms with E-state index in [9.17, 15) is 14.4 Å². The first kappa shape index (κ1) is 21.1. The summed E-state index contributed by atoms with van der Waals surface area (Å²) in [6.45, 7) is 9.40. The number of carbonyl (C=O) groups is 3. The van der Waals surface area contributed by atoms with E-state index >= 15 is 0 Å². The van der Waals surface area contributed by atoms with Crippen LogP contribution >= 0.6 is 0 Å². The average Bonchev–Trinajstić information content (AvgIpc) is 2.85. The van der Waals surface area contributed by atoms with Gasteiger partial charge in [0, 0.05) is 31.3 Å². The molecule has 0 amide bonds. The molecule has 5 nitrogen and oxygen atoms in total. The lowest BCUT2D eigenvalue weighted by Crippen LogP contribution is -2.38. The van der Waals surface area contributed by atoms with Crippen LogP contribution in [0.3, 0.4) is 0 Å². The second-order valence-electron chi connectivity index (χ2n) is 7.96. The minimum absolute atomic E-state index is 0.0462. The van der Waals surface area contributed by atoms with Crippen LogP contribution in [0.5, 0.6) is 0 Å². The molecule has 2 bridgehead atoms. The van der Waals surface area contributed by atoms with Crippen LogP contribution in [-0.2, 0) is 23.9 Å². The normalized spacial score (nSPS) is 31.2. The monoisotopic (exact) mass is 374 g/mol. The molecule has 27 heavy (non-hydrogen) atoms. The maximum Gasteiger partial charge on any atom is 0.334 e. The van der Waals surface area contributed by atoms with Gasteiger partial charge in [-0.05, 0) is 44.8 Å². The van der Waals surface area contributed by atoms with Gasteiger partial charge in [-0.2, -0.15) is 0 Å². The third-order valence-electron chi connectivity index (χ3n) is 5.09. The number of ketones is 1. The molecule has 5 heteroatoms. The second-order valence-corrected chi connectivity index (χ2v) is 7.96. The van der Waals surface area contributed by atoms with Gasteiger partial charge >= 0.3 is 11.9 Å². The lowest BCUT2D eigenvalue weighted by Gasteiger charge is -2.33. The minimum Gasteiger partial charge on any atom is -0.462 e. The standard InChI is InChI=1S/C22H30O5/c1-13(2)21-19(26-16(5)23)10-15(4)8-6-7-14(3)9-18(24)11-17-12-20(21)27-22(17)25/h8-9,12-13,19-21H,6-7,10-11H2,1-5H3/b14-9+,15-8+/t19-,20+,21+/m0/s1. The summed E-state index contributed by atoms with van der Waals surface area (Å²) in [6, 6.07) is 0. The van der Waals surface area contributed by atoms with E-state index in [1.54, 1.807) is 12.2 Å². The molecule has 2 rings (SSSR count). The molecule has 0 radical (unpaired) electrons. The molecule has 1 aliphatic carbocycles. The van der Waals surface area contributed by atoms with Gasteiger partial charge in [-0.15, -0.1) is 0 Å². The highest BCUT2D eigenvalue weighted by Crippen LogP contribution is 2.34. The number of carbonyl (C=O) groups excluding carboxylic acids is 3. The van der Waals surface area contributed by atoms with Crippen molar-refractivity contribution in [1.82, 2.24) is 0 Å². The summed E-state index contributed by atoms with van der Waals surface area (Å²) in [7, 11) is 0. The first-order chi connectivity index (χ1) is 12.7. The molecular weight excluding hydrogens is 344 g/mol. The molecule has 0 aromatic carbocycles. The van der Waals surface area contributed by atoms with Gasteiger partial charge in [-0.25, -0.2) is 4.79 Å². The van der Waals surface area contributed by atoms with E-state index in [0.717, 1.165) is 24.0 Å². The van der Waals surface area contributed by atoms with E-state index in [1.807, 2.05) is 27.7 Å². The van der Waals surface area contributed by atoms with Crippen molar-refractivity contribution in [2.45, 2.75) is 72.5 Å². The molecule has 148 valence electrons. The molecule has 0 saturated heterocycles. The molecule has 0 N–H and O–H groups in total. The fourth-order valence-electron chi connectivity index (χ4n) is 3.84. The van der Waals surface area contributed by atoms with Gasteiger partial charge in [-0.1, -0.05) is 31.1 Å². The lowest BCUT2D eigenvalue weighted by molar-refractivity contribution is -0.156. The summed E-state index contributed by atoms with van der Waals surface area (Å²) >= 11 is 0. The lowest BCUT2D eigenvalue weighted by atomic mass is 9.82. The summed E-state index contributed by atoms with van der Waals surface area (Å²) in [5, 5.41) is 0. The van der Waals surface area contributed by atoms with E-state index in [4.69, 9.17) is 9.47 Å². The molecule has 1 aliphatic heterocycles. The molecule has 1 heterocycles. The Bertz CT molecular complexity index is 695. The fraction of sp³-hybridized carbons (Fsp3) is 0.591. The van der Waals surface area contributed by atoms with E-state index in [2.05, 4.69) is 6.08 Å². The zero-order valence-electron chi connectivity index (χ0n) is 16.9. The predicted octanol–water partition coefficient (Wildman–Crippen LogP) is 4.08. The van der Waals surface area contributed by atoms with Crippen LogP contribution in [0.15, 0.2) is 34.9 Å². The summed E-state index contributed by atoms with van der Waals surface area (Å²) in [6.07, 6.45) is 6.86. The van der Waals surface area contributed by atoms with E-state index in [1.165, 1.54) is 6.92 Å². The van der Waals surface area contributed by atoms with Crippen molar-refractivity contribution in [2.75, 3.05) is 0 Å². The Morgan fingerprint density at radius 1 is 1.22 bits per heavy atom. The van der Waals surface area contributed by atoms with Gasteiger partial charge in [0.25, 0.3) is 0 Å². The second kappa shape index (κ2) is 9.16. The molecule has 3 atom stereocenters. The zero-order chi connectivity index (χ0) is 20.1. The average molecular weight is 374 g/mol. The first-order valence-corrected chi connectivity index (χ1v) is 9.62. The third-order valence-corrected chi connectivity index (χ3v) is 5.09. The number of ether oxygens (including phenoxy) is 2. The quantitative estimate of drug-likeness (QED) is 0.538. The maximum absolute atomic E-state index is 12.3. The van der Waals surface area contributed by atoms with Crippen LogP contribution < -0.4 is 0 Å². The number of rotatable bonds is 2.